The van der Waals surface area contributed by atoms with E-state index in [-0.39, 0.29) is 10.8 Å². The average Bonchev–Trinajstić information content (AvgIpc) is 2.28. The molecule has 1 heterocycles. The second kappa shape index (κ2) is 4.76. The van der Waals surface area contributed by atoms with Gasteiger partial charge in [0.1, 0.15) is 0 Å². The van der Waals surface area contributed by atoms with Crippen LogP contribution in [0.15, 0.2) is 23.1 Å². The van der Waals surface area contributed by atoms with Gasteiger partial charge in [-0.2, -0.15) is 8.42 Å². The summed E-state index contributed by atoms with van der Waals surface area (Å²) in [5.74, 6) is 0.216. The molecule has 0 saturated carbocycles. The molecule has 1 saturated heterocycles. The fraction of sp³-hybridized carbons (Fsp3) is 0.500. The van der Waals surface area contributed by atoms with Crippen LogP contribution in [0.5, 0.6) is 0 Å². The number of hydrogen-bond acceptors (Lipinski definition) is 3. The molecule has 2 N–H and O–H groups in total. The van der Waals surface area contributed by atoms with Crippen molar-refractivity contribution in [1.29, 1.82) is 0 Å². The SMILES string of the molecule is Cc1ccc(S(=O)(=O)O)c(C2CCNCC2)c1. The van der Waals surface area contributed by atoms with Gasteiger partial charge in [0.05, 0.1) is 4.90 Å². The highest BCUT2D eigenvalue weighted by Gasteiger charge is 2.23. The van der Waals surface area contributed by atoms with E-state index in [1.54, 1.807) is 6.07 Å². The highest BCUT2D eigenvalue weighted by atomic mass is 32.2. The average molecular weight is 255 g/mol. The molecule has 1 aromatic carbocycles. The first-order valence-corrected chi connectivity index (χ1v) is 7.21. The van der Waals surface area contributed by atoms with Gasteiger partial charge in [0.15, 0.2) is 0 Å². The van der Waals surface area contributed by atoms with Crippen LogP contribution in [-0.4, -0.2) is 26.1 Å². The monoisotopic (exact) mass is 255 g/mol. The van der Waals surface area contributed by atoms with Crippen molar-refractivity contribution >= 4 is 10.1 Å². The molecule has 0 bridgehead atoms. The molecular weight excluding hydrogens is 238 g/mol. The second-order valence-electron chi connectivity index (χ2n) is 4.54. The number of benzene rings is 1. The summed E-state index contributed by atoms with van der Waals surface area (Å²) < 4.78 is 31.9. The molecule has 1 aliphatic heterocycles. The Morgan fingerprint density at radius 1 is 1.29 bits per heavy atom. The van der Waals surface area contributed by atoms with E-state index in [4.69, 9.17) is 0 Å². The molecule has 0 aliphatic carbocycles. The van der Waals surface area contributed by atoms with Gasteiger partial charge in [-0.25, -0.2) is 0 Å². The summed E-state index contributed by atoms with van der Waals surface area (Å²) in [6.07, 6.45) is 1.82. The van der Waals surface area contributed by atoms with Crippen molar-refractivity contribution in [3.8, 4) is 0 Å². The highest BCUT2D eigenvalue weighted by molar-refractivity contribution is 7.85. The molecule has 0 amide bonds. The van der Waals surface area contributed by atoms with Crippen LogP contribution in [0.3, 0.4) is 0 Å². The minimum atomic E-state index is -4.12. The minimum Gasteiger partial charge on any atom is -0.317 e. The second-order valence-corrected chi connectivity index (χ2v) is 5.93. The zero-order valence-electron chi connectivity index (χ0n) is 9.81. The number of rotatable bonds is 2. The molecule has 17 heavy (non-hydrogen) atoms. The zero-order chi connectivity index (χ0) is 12.5. The van der Waals surface area contributed by atoms with Gasteiger partial charge in [0, 0.05) is 0 Å². The smallest absolute Gasteiger partial charge is 0.294 e. The standard InChI is InChI=1S/C12H17NO3S/c1-9-2-3-12(17(14,15)16)11(8-9)10-4-6-13-7-5-10/h2-3,8,10,13H,4-7H2,1H3,(H,14,15,16). The molecule has 0 spiro atoms. The predicted octanol–water partition coefficient (Wildman–Crippen LogP) is 1.71. The van der Waals surface area contributed by atoms with Crippen molar-refractivity contribution in [1.82, 2.24) is 5.32 Å². The van der Waals surface area contributed by atoms with E-state index >= 15 is 0 Å². The molecule has 0 unspecified atom stereocenters. The fourth-order valence-corrected chi connectivity index (χ4v) is 3.12. The zero-order valence-corrected chi connectivity index (χ0v) is 10.6. The lowest BCUT2D eigenvalue weighted by atomic mass is 9.89. The van der Waals surface area contributed by atoms with Crippen LogP contribution in [0.25, 0.3) is 0 Å². The lowest BCUT2D eigenvalue weighted by Crippen LogP contribution is -2.27. The Balaban J connectivity index is 2.46. The van der Waals surface area contributed by atoms with Crippen LogP contribution in [0.1, 0.15) is 29.9 Å². The number of hydrogen-bond donors (Lipinski definition) is 2. The van der Waals surface area contributed by atoms with Gasteiger partial charge in [-0.15, -0.1) is 0 Å². The van der Waals surface area contributed by atoms with Gasteiger partial charge < -0.3 is 5.32 Å². The third-order valence-electron chi connectivity index (χ3n) is 3.22. The lowest BCUT2D eigenvalue weighted by molar-refractivity contribution is 0.448. The van der Waals surface area contributed by atoms with Gasteiger partial charge in [-0.05, 0) is 50.4 Å². The maximum atomic E-state index is 11.3. The Labute approximate surface area is 102 Å². The maximum absolute atomic E-state index is 11.3. The van der Waals surface area contributed by atoms with Crippen LogP contribution in [-0.2, 0) is 10.1 Å². The third-order valence-corrected chi connectivity index (χ3v) is 4.15. The number of piperidine rings is 1. The minimum absolute atomic E-state index is 0.0648. The van der Waals surface area contributed by atoms with Crippen molar-refractivity contribution in [3.63, 3.8) is 0 Å². The first-order chi connectivity index (χ1) is 7.98. The predicted molar refractivity (Wildman–Crippen MR) is 65.8 cm³/mol. The van der Waals surface area contributed by atoms with E-state index in [1.807, 2.05) is 13.0 Å². The molecular formula is C12H17NO3S. The first-order valence-electron chi connectivity index (χ1n) is 5.77. The molecule has 0 atom stereocenters. The topological polar surface area (TPSA) is 66.4 Å². The van der Waals surface area contributed by atoms with Gasteiger partial charge in [0.25, 0.3) is 10.1 Å². The quantitative estimate of drug-likeness (QED) is 0.790. The van der Waals surface area contributed by atoms with E-state index < -0.39 is 10.1 Å². The van der Waals surface area contributed by atoms with E-state index in [1.165, 1.54) is 6.07 Å². The van der Waals surface area contributed by atoms with Crippen molar-refractivity contribution in [2.45, 2.75) is 30.6 Å². The van der Waals surface area contributed by atoms with E-state index in [2.05, 4.69) is 5.32 Å². The van der Waals surface area contributed by atoms with Crippen molar-refractivity contribution in [3.05, 3.63) is 29.3 Å². The molecule has 4 nitrogen and oxygen atoms in total. The summed E-state index contributed by atoms with van der Waals surface area (Å²) in [4.78, 5) is 0.0648. The highest BCUT2D eigenvalue weighted by Crippen LogP contribution is 2.31. The van der Waals surface area contributed by atoms with Crippen LogP contribution >= 0.6 is 0 Å². The Morgan fingerprint density at radius 3 is 2.53 bits per heavy atom. The molecule has 1 aromatic rings. The molecule has 5 heteroatoms. The number of aryl methyl sites for hydroxylation is 1. The van der Waals surface area contributed by atoms with Crippen LogP contribution in [0.4, 0.5) is 0 Å². The van der Waals surface area contributed by atoms with Gasteiger partial charge in [-0.3, -0.25) is 4.55 Å². The van der Waals surface area contributed by atoms with Crippen LogP contribution < -0.4 is 5.32 Å². The largest absolute Gasteiger partial charge is 0.317 e. The fourth-order valence-electron chi connectivity index (χ4n) is 2.35. The Bertz CT molecular complexity index is 504. The van der Waals surface area contributed by atoms with Crippen LogP contribution in [0.2, 0.25) is 0 Å². The molecule has 1 fully saturated rings. The summed E-state index contributed by atoms with van der Waals surface area (Å²) in [7, 11) is -4.12. The van der Waals surface area contributed by atoms with Crippen molar-refractivity contribution in [2.24, 2.45) is 0 Å². The van der Waals surface area contributed by atoms with Crippen molar-refractivity contribution < 1.29 is 13.0 Å². The van der Waals surface area contributed by atoms with Crippen molar-refractivity contribution in [2.75, 3.05) is 13.1 Å². The number of nitrogens with one attached hydrogen (secondary N) is 1. The molecule has 0 aromatic heterocycles. The summed E-state index contributed by atoms with van der Waals surface area (Å²) in [6, 6.07) is 5.09. The maximum Gasteiger partial charge on any atom is 0.294 e. The molecule has 2 rings (SSSR count). The molecule has 1 aliphatic rings. The van der Waals surface area contributed by atoms with Crippen LogP contribution in [0, 0.1) is 6.92 Å². The van der Waals surface area contributed by atoms with E-state index in [0.29, 0.717) is 0 Å². The molecule has 0 radical (unpaired) electrons. The first kappa shape index (κ1) is 12.5. The molecule has 94 valence electrons. The van der Waals surface area contributed by atoms with Gasteiger partial charge >= 0.3 is 0 Å². The Morgan fingerprint density at radius 2 is 1.94 bits per heavy atom. The normalized spacial score (nSPS) is 18.2. The van der Waals surface area contributed by atoms with E-state index in [0.717, 1.165) is 37.1 Å². The lowest BCUT2D eigenvalue weighted by Gasteiger charge is -2.24. The van der Waals surface area contributed by atoms with Gasteiger partial charge in [0.2, 0.25) is 0 Å². The Hall–Kier alpha value is -0.910. The summed E-state index contributed by atoms with van der Waals surface area (Å²) in [5, 5.41) is 3.25. The Kier molecular flexibility index (Phi) is 3.51. The van der Waals surface area contributed by atoms with Gasteiger partial charge in [-0.1, -0.05) is 17.7 Å². The third kappa shape index (κ3) is 2.86. The summed E-state index contributed by atoms with van der Waals surface area (Å²) >= 11 is 0. The summed E-state index contributed by atoms with van der Waals surface area (Å²) in [6.45, 7) is 3.71. The summed E-state index contributed by atoms with van der Waals surface area (Å²) in [5.41, 5.74) is 1.78. The van der Waals surface area contributed by atoms with E-state index in [9.17, 15) is 13.0 Å².